The zero-order chi connectivity index (χ0) is 14.1. The van der Waals surface area contributed by atoms with Crippen LogP contribution in [0.3, 0.4) is 0 Å². The van der Waals surface area contributed by atoms with E-state index >= 15 is 0 Å². The van der Waals surface area contributed by atoms with E-state index in [0.717, 1.165) is 30.0 Å². The van der Waals surface area contributed by atoms with Crippen LogP contribution >= 0.6 is 22.9 Å². The SMILES string of the molecule is Cc1csc(CCn2c(CCl)nc3cccc(C)c32)n1. The van der Waals surface area contributed by atoms with Crippen LogP contribution in [0, 0.1) is 13.8 Å². The standard InChI is InChI=1S/C15H16ClN3S/c1-10-4-3-5-12-15(10)19(13(8-16)18-12)7-6-14-17-11(2)9-20-14/h3-5,9H,6-8H2,1-2H3. The van der Waals surface area contributed by atoms with Crippen molar-refractivity contribution < 1.29 is 0 Å². The van der Waals surface area contributed by atoms with Crippen molar-refractivity contribution in [2.75, 3.05) is 0 Å². The van der Waals surface area contributed by atoms with Crippen molar-refractivity contribution in [3.63, 3.8) is 0 Å². The van der Waals surface area contributed by atoms with Gasteiger partial charge in [0.15, 0.2) is 0 Å². The van der Waals surface area contributed by atoms with E-state index in [-0.39, 0.29) is 0 Å². The highest BCUT2D eigenvalue weighted by molar-refractivity contribution is 7.09. The first-order valence-electron chi connectivity index (χ1n) is 6.60. The number of thiazole rings is 1. The molecule has 0 amide bonds. The van der Waals surface area contributed by atoms with Crippen LogP contribution in [0.4, 0.5) is 0 Å². The molecule has 20 heavy (non-hydrogen) atoms. The van der Waals surface area contributed by atoms with Crippen LogP contribution in [-0.2, 0) is 18.8 Å². The molecular formula is C15H16ClN3S. The third-order valence-electron chi connectivity index (χ3n) is 3.38. The first-order chi connectivity index (χ1) is 9.69. The number of fused-ring (bicyclic) bond motifs is 1. The second-order valence-corrected chi connectivity index (χ2v) is 6.10. The molecule has 2 heterocycles. The summed E-state index contributed by atoms with van der Waals surface area (Å²) in [5.74, 6) is 1.37. The predicted molar refractivity (Wildman–Crippen MR) is 84.6 cm³/mol. The number of halogens is 1. The topological polar surface area (TPSA) is 30.7 Å². The maximum absolute atomic E-state index is 6.05. The lowest BCUT2D eigenvalue weighted by atomic mass is 10.2. The summed E-state index contributed by atoms with van der Waals surface area (Å²) < 4.78 is 2.23. The number of hydrogen-bond acceptors (Lipinski definition) is 3. The third kappa shape index (κ3) is 2.45. The zero-order valence-electron chi connectivity index (χ0n) is 11.6. The average Bonchev–Trinajstić information content (AvgIpc) is 3.00. The lowest BCUT2D eigenvalue weighted by molar-refractivity contribution is 0.684. The highest BCUT2D eigenvalue weighted by Gasteiger charge is 2.12. The summed E-state index contributed by atoms with van der Waals surface area (Å²) in [6.45, 7) is 5.02. The van der Waals surface area contributed by atoms with Gasteiger partial charge in [0.05, 0.1) is 21.9 Å². The van der Waals surface area contributed by atoms with Crippen molar-refractivity contribution in [2.24, 2.45) is 0 Å². The Morgan fingerprint density at radius 2 is 2.10 bits per heavy atom. The van der Waals surface area contributed by atoms with E-state index in [0.29, 0.717) is 5.88 Å². The van der Waals surface area contributed by atoms with Crippen LogP contribution in [0.1, 0.15) is 22.1 Å². The minimum atomic E-state index is 0.436. The lowest BCUT2D eigenvalue weighted by Crippen LogP contribution is -2.05. The molecule has 0 unspecified atom stereocenters. The molecule has 0 spiro atoms. The van der Waals surface area contributed by atoms with Gasteiger partial charge in [-0.2, -0.15) is 0 Å². The molecule has 0 atom stereocenters. The summed E-state index contributed by atoms with van der Waals surface area (Å²) in [5, 5.41) is 3.26. The van der Waals surface area contributed by atoms with Crippen molar-refractivity contribution in [3.05, 3.63) is 45.7 Å². The van der Waals surface area contributed by atoms with Gasteiger partial charge in [-0.3, -0.25) is 0 Å². The maximum Gasteiger partial charge on any atom is 0.124 e. The van der Waals surface area contributed by atoms with E-state index in [1.54, 1.807) is 11.3 Å². The fourth-order valence-electron chi connectivity index (χ4n) is 2.48. The molecule has 0 aliphatic rings. The summed E-state index contributed by atoms with van der Waals surface area (Å²) in [6.07, 6.45) is 0.919. The molecule has 3 nitrogen and oxygen atoms in total. The summed E-state index contributed by atoms with van der Waals surface area (Å²) in [4.78, 5) is 9.14. The van der Waals surface area contributed by atoms with E-state index in [2.05, 4.69) is 32.9 Å². The van der Waals surface area contributed by atoms with Gasteiger partial charge in [-0.15, -0.1) is 22.9 Å². The summed E-state index contributed by atoms with van der Waals surface area (Å²) in [5.41, 5.74) is 4.54. The Balaban J connectivity index is 1.97. The number of aryl methyl sites for hydroxylation is 4. The summed E-state index contributed by atoms with van der Waals surface area (Å²) in [7, 11) is 0. The van der Waals surface area contributed by atoms with Crippen LogP contribution in [0.5, 0.6) is 0 Å². The van der Waals surface area contributed by atoms with E-state index in [9.17, 15) is 0 Å². The van der Waals surface area contributed by atoms with E-state index < -0.39 is 0 Å². The second-order valence-electron chi connectivity index (χ2n) is 4.89. The van der Waals surface area contributed by atoms with Gasteiger partial charge in [-0.1, -0.05) is 12.1 Å². The molecule has 0 aliphatic heterocycles. The van der Waals surface area contributed by atoms with Gasteiger partial charge in [0.1, 0.15) is 5.82 Å². The van der Waals surface area contributed by atoms with Gasteiger partial charge >= 0.3 is 0 Å². The number of alkyl halides is 1. The van der Waals surface area contributed by atoms with Crippen molar-refractivity contribution in [3.8, 4) is 0 Å². The molecule has 0 bridgehead atoms. The third-order valence-corrected chi connectivity index (χ3v) is 4.65. The minimum Gasteiger partial charge on any atom is -0.326 e. The van der Waals surface area contributed by atoms with E-state index in [1.807, 2.05) is 19.1 Å². The first-order valence-corrected chi connectivity index (χ1v) is 8.02. The fraction of sp³-hybridized carbons (Fsp3) is 0.333. The number of aromatic nitrogens is 3. The molecule has 0 N–H and O–H groups in total. The normalized spacial score (nSPS) is 11.3. The van der Waals surface area contributed by atoms with Gasteiger partial charge < -0.3 is 4.57 Å². The molecule has 3 aromatic rings. The monoisotopic (exact) mass is 305 g/mol. The molecule has 0 fully saturated rings. The van der Waals surface area contributed by atoms with Gasteiger partial charge in [0.2, 0.25) is 0 Å². The van der Waals surface area contributed by atoms with E-state index in [1.165, 1.54) is 16.1 Å². The zero-order valence-corrected chi connectivity index (χ0v) is 13.1. The number of benzene rings is 1. The average molecular weight is 306 g/mol. The fourth-order valence-corrected chi connectivity index (χ4v) is 3.45. The predicted octanol–water partition coefficient (Wildman–Crippen LogP) is 4.09. The second kappa shape index (κ2) is 5.54. The molecule has 5 heteroatoms. The molecule has 1 aromatic carbocycles. The molecule has 0 aliphatic carbocycles. The Morgan fingerprint density at radius 1 is 1.25 bits per heavy atom. The van der Waals surface area contributed by atoms with Crippen LogP contribution in [-0.4, -0.2) is 14.5 Å². The Bertz CT molecular complexity index is 745. The Morgan fingerprint density at radius 3 is 2.80 bits per heavy atom. The molecule has 0 saturated carbocycles. The minimum absolute atomic E-state index is 0.436. The highest BCUT2D eigenvalue weighted by Crippen LogP contribution is 2.22. The van der Waals surface area contributed by atoms with Crippen molar-refractivity contribution in [2.45, 2.75) is 32.7 Å². The van der Waals surface area contributed by atoms with Crippen molar-refractivity contribution in [1.82, 2.24) is 14.5 Å². The largest absolute Gasteiger partial charge is 0.326 e. The van der Waals surface area contributed by atoms with Gasteiger partial charge in [-0.25, -0.2) is 9.97 Å². The van der Waals surface area contributed by atoms with Gasteiger partial charge in [0, 0.05) is 24.0 Å². The van der Waals surface area contributed by atoms with Crippen LogP contribution in [0.25, 0.3) is 11.0 Å². The number of nitrogens with zero attached hydrogens (tertiary/aromatic N) is 3. The molecule has 104 valence electrons. The maximum atomic E-state index is 6.05. The van der Waals surface area contributed by atoms with Gasteiger partial charge in [0.25, 0.3) is 0 Å². The summed E-state index contributed by atoms with van der Waals surface area (Å²) in [6, 6.07) is 6.20. The van der Waals surface area contributed by atoms with E-state index in [4.69, 9.17) is 11.6 Å². The Hall–Kier alpha value is -1.39. The van der Waals surface area contributed by atoms with Crippen LogP contribution in [0.15, 0.2) is 23.6 Å². The molecule has 0 saturated heterocycles. The van der Waals surface area contributed by atoms with Crippen molar-refractivity contribution in [1.29, 1.82) is 0 Å². The van der Waals surface area contributed by atoms with Crippen LogP contribution < -0.4 is 0 Å². The Kier molecular flexibility index (Phi) is 3.76. The Labute approximate surface area is 127 Å². The highest BCUT2D eigenvalue weighted by atomic mass is 35.5. The molecule has 2 aromatic heterocycles. The quantitative estimate of drug-likeness (QED) is 0.680. The lowest BCUT2D eigenvalue weighted by Gasteiger charge is -2.08. The smallest absolute Gasteiger partial charge is 0.124 e. The summed E-state index contributed by atoms with van der Waals surface area (Å²) >= 11 is 7.76. The number of imidazole rings is 1. The molecule has 3 rings (SSSR count). The molecular weight excluding hydrogens is 290 g/mol. The number of rotatable bonds is 4. The van der Waals surface area contributed by atoms with Gasteiger partial charge in [-0.05, 0) is 25.5 Å². The van der Waals surface area contributed by atoms with Crippen molar-refractivity contribution >= 4 is 34.0 Å². The molecule has 0 radical (unpaired) electrons. The number of hydrogen-bond donors (Lipinski definition) is 0. The number of para-hydroxylation sites is 1. The van der Waals surface area contributed by atoms with Crippen LogP contribution in [0.2, 0.25) is 0 Å². The first kappa shape index (κ1) is 13.6.